The minimum absolute atomic E-state index is 0.0715. The van der Waals surface area contributed by atoms with Gasteiger partial charge in [0.25, 0.3) is 0 Å². The maximum Gasteiger partial charge on any atom is 0.164 e. The zero-order valence-electron chi connectivity index (χ0n) is 37.3. The topological polar surface area (TPSA) is 56.7 Å². The van der Waals surface area contributed by atoms with Crippen LogP contribution in [0.2, 0.25) is 0 Å². The van der Waals surface area contributed by atoms with Crippen LogP contribution in [-0.2, 0) is 0 Å². The van der Waals surface area contributed by atoms with Crippen LogP contribution >= 0.6 is 0 Å². The second-order valence-corrected chi connectivity index (χ2v) is 17.3. The van der Waals surface area contributed by atoms with Crippen molar-refractivity contribution in [3.05, 3.63) is 146 Å². The van der Waals surface area contributed by atoms with Gasteiger partial charge in [-0.2, -0.15) is 0 Å². The summed E-state index contributed by atoms with van der Waals surface area (Å²) in [6, 6.07) is 48.2. The van der Waals surface area contributed by atoms with E-state index in [9.17, 15) is 0 Å². The molecule has 0 spiro atoms. The summed E-state index contributed by atoms with van der Waals surface area (Å²) in [5, 5.41) is 3.24. The predicted octanol–water partition coefficient (Wildman–Crippen LogP) is 2.29. The summed E-state index contributed by atoms with van der Waals surface area (Å²) >= 11 is 0. The van der Waals surface area contributed by atoms with Crippen LogP contribution in [0.5, 0.6) is 0 Å². The van der Waals surface area contributed by atoms with Crippen LogP contribution in [-0.4, -0.2) is 98.0 Å². The number of para-hydroxylation sites is 1. The van der Waals surface area contributed by atoms with Gasteiger partial charge in [-0.1, -0.05) is 160 Å². The number of furan rings is 1. The van der Waals surface area contributed by atoms with Crippen molar-refractivity contribution in [2.75, 3.05) is 0 Å². The number of fused-ring (bicyclic) bond motifs is 7. The molecule has 0 aliphatic carbocycles. The van der Waals surface area contributed by atoms with Gasteiger partial charge < -0.3 is 8.98 Å². The van der Waals surface area contributed by atoms with Crippen molar-refractivity contribution in [1.29, 1.82) is 0 Å². The predicted molar refractivity (Wildman–Crippen MR) is 300 cm³/mol. The lowest BCUT2D eigenvalue weighted by atomic mass is 9.61. The lowest BCUT2D eigenvalue weighted by Crippen LogP contribution is -2.50. The Hall–Kier alpha value is -7.50. The second kappa shape index (κ2) is 16.6. The molecule has 15 heteroatoms. The van der Waals surface area contributed by atoms with Crippen LogP contribution in [0, 0.1) is 0 Å². The van der Waals surface area contributed by atoms with Gasteiger partial charge >= 0.3 is 0 Å². The molecule has 0 N–H and O–H groups in total. The van der Waals surface area contributed by atoms with Gasteiger partial charge in [0.1, 0.15) is 89.6 Å². The van der Waals surface area contributed by atoms with Crippen molar-refractivity contribution in [2.24, 2.45) is 0 Å². The molecule has 70 heavy (non-hydrogen) atoms. The monoisotopic (exact) mass is 866 g/mol. The molecule has 0 fully saturated rings. The van der Waals surface area contributed by atoms with E-state index >= 15 is 0 Å². The molecule has 12 aromatic rings. The Labute approximate surface area is 417 Å². The first kappa shape index (κ1) is 43.8. The summed E-state index contributed by atoms with van der Waals surface area (Å²) in [7, 11) is 67.4. The molecule has 3 heterocycles. The summed E-state index contributed by atoms with van der Waals surface area (Å²) in [6.07, 6.45) is 0. The number of nitrogens with zero attached hydrogens (tertiary/aromatic N) is 4. The molecular formula is C55H24B10N4O. The maximum atomic E-state index is 7.22. The van der Waals surface area contributed by atoms with Crippen molar-refractivity contribution in [2.45, 2.75) is 0 Å². The first-order valence-corrected chi connectivity index (χ1v) is 22.3. The fraction of sp³-hybridized carbons (Fsp3) is 0. The molecule has 3 aromatic heterocycles. The van der Waals surface area contributed by atoms with E-state index in [0.29, 0.717) is 66.9 Å². The van der Waals surface area contributed by atoms with Gasteiger partial charge in [0.05, 0.1) is 5.69 Å². The van der Waals surface area contributed by atoms with Crippen LogP contribution in [0.15, 0.2) is 150 Å². The van der Waals surface area contributed by atoms with Crippen LogP contribution in [0.25, 0.3) is 117 Å². The van der Waals surface area contributed by atoms with Gasteiger partial charge in [-0.05, 0) is 50.5 Å². The highest BCUT2D eigenvalue weighted by molar-refractivity contribution is 6.73. The lowest BCUT2D eigenvalue weighted by molar-refractivity contribution is 0.668. The minimum atomic E-state index is 0.0715. The third-order valence-corrected chi connectivity index (χ3v) is 13.4. The average Bonchev–Trinajstić information content (AvgIpc) is 3.97. The normalized spacial score (nSPS) is 11.7. The van der Waals surface area contributed by atoms with Crippen molar-refractivity contribution >= 4 is 188 Å². The van der Waals surface area contributed by atoms with Gasteiger partial charge in [0, 0.05) is 49.9 Å². The highest BCUT2D eigenvalue weighted by atomic mass is 16.3. The molecule has 300 valence electrons. The van der Waals surface area contributed by atoms with E-state index in [0.717, 1.165) is 49.7 Å². The molecule has 0 atom stereocenters. The Kier molecular flexibility index (Phi) is 10.4. The van der Waals surface area contributed by atoms with E-state index in [1.54, 1.807) is 0 Å². The quantitative estimate of drug-likeness (QED) is 0.241. The van der Waals surface area contributed by atoms with Crippen LogP contribution < -0.4 is 54.6 Å². The Bertz CT molecular complexity index is 4160. The Morgan fingerprint density at radius 3 is 1.31 bits per heavy atom. The standard InChI is InChI=1S/C55H24B10N4O/c56-41-37-38(43(58)47(62)46(61)42(37)57)45(60)51-39(41)40-44(59)48(63)49(64)50(65)52(40)69(51)31-23-33(36-32-13-7-8-14-34(32)70-35(36)24-31)27-17-21-30(22-18-27)55-67-53(28-11-5-2-6-12-28)66-54(68-55)29-19-15-26(16-20-29)25-9-3-1-4-10-25/h1-24H. The van der Waals surface area contributed by atoms with E-state index in [-0.39, 0.29) is 54.6 Å². The van der Waals surface area contributed by atoms with Crippen LogP contribution in [0.3, 0.4) is 0 Å². The summed E-state index contributed by atoms with van der Waals surface area (Å²) in [5.74, 6) is 1.60. The molecule has 0 saturated heterocycles. The van der Waals surface area contributed by atoms with Crippen LogP contribution in [0.1, 0.15) is 0 Å². The van der Waals surface area contributed by atoms with Gasteiger partial charge in [-0.15, -0.1) is 21.9 Å². The molecule has 0 saturated carbocycles. The summed E-state index contributed by atoms with van der Waals surface area (Å²) in [4.78, 5) is 15.0. The van der Waals surface area contributed by atoms with Gasteiger partial charge in [0.2, 0.25) is 0 Å². The molecule has 0 unspecified atom stereocenters. The number of aromatic nitrogens is 4. The first-order chi connectivity index (χ1) is 33.9. The Morgan fingerprint density at radius 2 is 0.729 bits per heavy atom. The van der Waals surface area contributed by atoms with Crippen molar-refractivity contribution in [1.82, 2.24) is 19.5 Å². The SMILES string of the molecule is [B]c1c([B])c([B])c2c([B])c3c(c([B])c2c1[B])c1c([B])c([B])c([B])c([B])c1n3-c1cc(-c2ccc(-c3nc(-c4ccccc4)nc(-c4ccc(-c5ccccc5)cc4)n3)cc2)c2c(c1)oc1ccccc12. The molecule has 9 aromatic carbocycles. The van der Waals surface area contributed by atoms with E-state index in [2.05, 4.69) is 24.3 Å². The van der Waals surface area contributed by atoms with Gasteiger partial charge in [-0.3, -0.25) is 0 Å². The number of hydrogen-bond acceptors (Lipinski definition) is 4. The van der Waals surface area contributed by atoms with Crippen molar-refractivity contribution in [3.63, 3.8) is 0 Å². The zero-order valence-corrected chi connectivity index (χ0v) is 37.3. The summed E-state index contributed by atoms with van der Waals surface area (Å²) in [5.41, 5.74) is 10.2. The van der Waals surface area contributed by atoms with Crippen molar-refractivity contribution in [3.8, 4) is 62.1 Å². The van der Waals surface area contributed by atoms with Crippen LogP contribution in [0.4, 0.5) is 0 Å². The molecule has 12 rings (SSSR count). The largest absolute Gasteiger partial charge is 0.456 e. The second-order valence-electron chi connectivity index (χ2n) is 17.3. The lowest BCUT2D eigenvalue weighted by Gasteiger charge is -2.22. The van der Waals surface area contributed by atoms with E-state index in [1.807, 2.05) is 126 Å². The number of benzene rings is 9. The Morgan fingerprint density at radius 1 is 0.314 bits per heavy atom. The molecule has 20 radical (unpaired) electrons. The summed E-state index contributed by atoms with van der Waals surface area (Å²) < 4.78 is 8.49. The number of hydrogen-bond donors (Lipinski definition) is 0. The molecule has 0 bridgehead atoms. The smallest absolute Gasteiger partial charge is 0.164 e. The zero-order chi connectivity index (χ0) is 48.3. The average molecular weight is 865 g/mol. The van der Waals surface area contributed by atoms with Crippen molar-refractivity contribution < 1.29 is 4.42 Å². The highest BCUT2D eigenvalue weighted by Crippen LogP contribution is 2.41. The maximum absolute atomic E-state index is 7.22. The summed E-state index contributed by atoms with van der Waals surface area (Å²) in [6.45, 7) is 0. The molecule has 0 aliphatic rings. The molecule has 0 aliphatic heterocycles. The third-order valence-electron chi connectivity index (χ3n) is 13.4. The number of rotatable bonds is 6. The first-order valence-electron chi connectivity index (χ1n) is 22.3. The third kappa shape index (κ3) is 6.65. The fourth-order valence-corrected chi connectivity index (χ4v) is 9.84. The Balaban J connectivity index is 1.08. The van der Waals surface area contributed by atoms with E-state index in [4.69, 9.17) is 97.8 Å². The molecule has 5 nitrogen and oxygen atoms in total. The van der Waals surface area contributed by atoms with E-state index in [1.165, 1.54) is 0 Å². The van der Waals surface area contributed by atoms with E-state index < -0.39 is 0 Å². The highest BCUT2D eigenvalue weighted by Gasteiger charge is 2.26. The molecule has 0 amide bonds. The van der Waals surface area contributed by atoms with Gasteiger partial charge in [0.15, 0.2) is 17.5 Å². The van der Waals surface area contributed by atoms with Gasteiger partial charge in [-0.25, -0.2) is 15.0 Å². The molecular weight excluding hydrogens is 841 g/mol. The minimum Gasteiger partial charge on any atom is -0.456 e. The fourth-order valence-electron chi connectivity index (χ4n) is 9.84.